The highest BCUT2D eigenvalue weighted by molar-refractivity contribution is 8.00. The molecule has 0 aliphatic carbocycles. The molecule has 3 rings (SSSR count). The number of fused-ring (bicyclic) bond motifs is 1. The molecule has 0 saturated carbocycles. The lowest BCUT2D eigenvalue weighted by Gasteiger charge is -2.15. The summed E-state index contributed by atoms with van der Waals surface area (Å²) in [6.45, 7) is 5.96. The van der Waals surface area contributed by atoms with E-state index in [9.17, 15) is 24.6 Å². The summed E-state index contributed by atoms with van der Waals surface area (Å²) in [7, 11) is 1.40. The minimum atomic E-state index is -0.521. The summed E-state index contributed by atoms with van der Waals surface area (Å²) in [5, 5.41) is 19.5. The predicted octanol–water partition coefficient (Wildman–Crippen LogP) is 1.84. The molecule has 2 heterocycles. The monoisotopic (exact) mass is 430 g/mol. The van der Waals surface area contributed by atoms with Crippen LogP contribution in [0.3, 0.4) is 0 Å². The Kier molecular flexibility index (Phi) is 5.97. The number of aromatic hydroxyl groups is 2. The van der Waals surface area contributed by atoms with Crippen molar-refractivity contribution in [3.63, 3.8) is 0 Å². The number of nitrogens with zero attached hydrogens (tertiary/aromatic N) is 4. The van der Waals surface area contributed by atoms with Crippen LogP contribution in [0.25, 0.3) is 11.0 Å². The Morgan fingerprint density at radius 2 is 1.87 bits per heavy atom. The SMILES string of the molecule is Cc1nc(SCC(=O)c2ccc(O)c(O)c2)c2c(=O)n(C)c(=O)n(CC(C)C)c2n1. The lowest BCUT2D eigenvalue weighted by Crippen LogP contribution is -2.39. The van der Waals surface area contributed by atoms with Crippen molar-refractivity contribution in [2.45, 2.75) is 32.3 Å². The summed E-state index contributed by atoms with van der Waals surface area (Å²) in [6.07, 6.45) is 0. The molecule has 158 valence electrons. The fourth-order valence-electron chi connectivity index (χ4n) is 2.99. The Labute approximate surface area is 176 Å². The van der Waals surface area contributed by atoms with Crippen molar-refractivity contribution < 1.29 is 15.0 Å². The van der Waals surface area contributed by atoms with Gasteiger partial charge in [0.1, 0.15) is 16.2 Å². The molecule has 2 aromatic heterocycles. The van der Waals surface area contributed by atoms with Crippen molar-refractivity contribution in [1.82, 2.24) is 19.1 Å². The van der Waals surface area contributed by atoms with Crippen molar-refractivity contribution >= 4 is 28.6 Å². The van der Waals surface area contributed by atoms with Crippen molar-refractivity contribution in [3.05, 3.63) is 50.4 Å². The largest absolute Gasteiger partial charge is 0.504 e. The lowest BCUT2D eigenvalue weighted by atomic mass is 10.1. The van der Waals surface area contributed by atoms with Crippen LogP contribution in [-0.2, 0) is 13.6 Å². The molecule has 0 unspecified atom stereocenters. The highest BCUT2D eigenvalue weighted by atomic mass is 32.2. The van der Waals surface area contributed by atoms with Crippen molar-refractivity contribution in [2.24, 2.45) is 13.0 Å². The molecule has 1 aromatic carbocycles. The van der Waals surface area contributed by atoms with Crippen molar-refractivity contribution in [2.75, 3.05) is 5.75 Å². The zero-order chi connectivity index (χ0) is 22.2. The van der Waals surface area contributed by atoms with E-state index in [0.29, 0.717) is 17.4 Å². The van der Waals surface area contributed by atoms with Crippen molar-refractivity contribution in [3.8, 4) is 11.5 Å². The Balaban J connectivity index is 2.06. The molecule has 3 aromatic rings. The molecule has 0 amide bonds. The fourth-order valence-corrected chi connectivity index (χ4v) is 3.94. The third-order valence-electron chi connectivity index (χ3n) is 4.45. The molecule has 10 heteroatoms. The maximum absolute atomic E-state index is 12.8. The number of rotatable bonds is 6. The number of benzene rings is 1. The normalized spacial score (nSPS) is 11.4. The number of phenolic OH excluding ortho intramolecular Hbond substituents is 2. The Bertz CT molecular complexity index is 1260. The van der Waals surface area contributed by atoms with Crippen LogP contribution in [0.5, 0.6) is 11.5 Å². The fraction of sp³-hybridized carbons (Fsp3) is 0.350. The van der Waals surface area contributed by atoms with Gasteiger partial charge in [-0.05, 0) is 31.0 Å². The molecule has 2 N–H and O–H groups in total. The van der Waals surface area contributed by atoms with E-state index < -0.39 is 11.2 Å². The minimum absolute atomic E-state index is 0.0533. The second-order valence-corrected chi connectivity index (χ2v) is 8.31. The van der Waals surface area contributed by atoms with Crippen LogP contribution in [0.4, 0.5) is 0 Å². The van der Waals surface area contributed by atoms with E-state index in [2.05, 4.69) is 9.97 Å². The molecule has 30 heavy (non-hydrogen) atoms. The van der Waals surface area contributed by atoms with E-state index in [1.807, 2.05) is 13.8 Å². The number of carbonyl (C=O) groups is 1. The number of phenols is 2. The Morgan fingerprint density at radius 3 is 2.50 bits per heavy atom. The van der Waals surface area contributed by atoms with Crippen LogP contribution in [0.15, 0.2) is 32.8 Å². The van der Waals surface area contributed by atoms with E-state index in [1.54, 1.807) is 6.92 Å². The van der Waals surface area contributed by atoms with Gasteiger partial charge in [-0.25, -0.2) is 14.8 Å². The van der Waals surface area contributed by atoms with Gasteiger partial charge in [0.2, 0.25) is 0 Å². The first kappa shape index (κ1) is 21.6. The maximum atomic E-state index is 12.8. The molecular weight excluding hydrogens is 408 g/mol. The van der Waals surface area contributed by atoms with Gasteiger partial charge in [0.15, 0.2) is 22.9 Å². The molecule has 0 atom stereocenters. The topological polar surface area (TPSA) is 127 Å². The number of hydrogen-bond donors (Lipinski definition) is 2. The van der Waals surface area contributed by atoms with Gasteiger partial charge in [0, 0.05) is 19.2 Å². The van der Waals surface area contributed by atoms with Gasteiger partial charge in [-0.2, -0.15) is 0 Å². The summed E-state index contributed by atoms with van der Waals surface area (Å²) in [6, 6.07) is 3.82. The standard InChI is InChI=1S/C20H22N4O5S/c1-10(2)8-24-17-16(19(28)23(4)20(24)29)18(22-11(3)21-17)30-9-15(27)12-5-6-13(25)14(26)7-12/h5-7,10,25-26H,8-9H2,1-4H3. The third kappa shape index (κ3) is 4.09. The van der Waals surface area contributed by atoms with Crippen LogP contribution >= 0.6 is 11.8 Å². The van der Waals surface area contributed by atoms with E-state index in [-0.39, 0.29) is 45.5 Å². The highest BCUT2D eigenvalue weighted by Crippen LogP contribution is 2.27. The van der Waals surface area contributed by atoms with Gasteiger partial charge in [-0.15, -0.1) is 0 Å². The number of aromatic nitrogens is 4. The number of aryl methyl sites for hydroxylation is 1. The summed E-state index contributed by atoms with van der Waals surface area (Å²) in [4.78, 5) is 46.7. The van der Waals surface area contributed by atoms with Gasteiger partial charge < -0.3 is 10.2 Å². The van der Waals surface area contributed by atoms with Gasteiger partial charge in [-0.3, -0.25) is 18.7 Å². The average molecular weight is 430 g/mol. The summed E-state index contributed by atoms with van der Waals surface area (Å²) < 4.78 is 2.48. The van der Waals surface area contributed by atoms with Gasteiger partial charge in [-0.1, -0.05) is 25.6 Å². The number of carbonyl (C=O) groups excluding carboxylic acids is 1. The Morgan fingerprint density at radius 1 is 1.17 bits per heavy atom. The number of hydrogen-bond acceptors (Lipinski definition) is 8. The molecule has 0 aliphatic rings. The third-order valence-corrected chi connectivity index (χ3v) is 5.42. The molecular formula is C20H22N4O5S. The lowest BCUT2D eigenvalue weighted by molar-refractivity contribution is 0.102. The Hall–Kier alpha value is -3.14. The highest BCUT2D eigenvalue weighted by Gasteiger charge is 2.20. The molecule has 9 nitrogen and oxygen atoms in total. The summed E-state index contributed by atoms with van der Waals surface area (Å²) >= 11 is 1.06. The second kappa shape index (κ2) is 8.31. The summed E-state index contributed by atoms with van der Waals surface area (Å²) in [5.74, 6) is -0.540. The predicted molar refractivity (Wildman–Crippen MR) is 113 cm³/mol. The van der Waals surface area contributed by atoms with Crippen LogP contribution in [-0.4, -0.2) is 40.9 Å². The quantitative estimate of drug-likeness (QED) is 0.262. The van der Waals surface area contributed by atoms with Crippen LogP contribution in [0.1, 0.15) is 30.0 Å². The molecule has 0 spiro atoms. The average Bonchev–Trinajstić information content (AvgIpc) is 2.69. The van der Waals surface area contributed by atoms with Crippen LogP contribution in [0.2, 0.25) is 0 Å². The second-order valence-electron chi connectivity index (χ2n) is 7.34. The van der Waals surface area contributed by atoms with Gasteiger partial charge >= 0.3 is 5.69 Å². The molecule has 0 aliphatic heterocycles. The van der Waals surface area contributed by atoms with Crippen LogP contribution in [0, 0.1) is 12.8 Å². The van der Waals surface area contributed by atoms with Gasteiger partial charge in [0.25, 0.3) is 5.56 Å². The first-order chi connectivity index (χ1) is 14.1. The van der Waals surface area contributed by atoms with E-state index in [0.717, 1.165) is 16.3 Å². The number of ketones is 1. The first-order valence-corrected chi connectivity index (χ1v) is 10.2. The van der Waals surface area contributed by atoms with Crippen molar-refractivity contribution in [1.29, 1.82) is 0 Å². The first-order valence-electron chi connectivity index (χ1n) is 9.26. The zero-order valence-electron chi connectivity index (χ0n) is 17.0. The van der Waals surface area contributed by atoms with E-state index >= 15 is 0 Å². The summed E-state index contributed by atoms with van der Waals surface area (Å²) in [5.41, 5.74) is -0.503. The molecule has 0 radical (unpaired) electrons. The maximum Gasteiger partial charge on any atom is 0.332 e. The van der Waals surface area contributed by atoms with E-state index in [4.69, 9.17) is 0 Å². The molecule has 0 saturated heterocycles. The zero-order valence-corrected chi connectivity index (χ0v) is 17.9. The minimum Gasteiger partial charge on any atom is -0.504 e. The number of Topliss-reactive ketones (excluding diaryl/α,β-unsaturated/α-hetero) is 1. The van der Waals surface area contributed by atoms with Crippen LogP contribution < -0.4 is 11.2 Å². The van der Waals surface area contributed by atoms with Gasteiger partial charge in [0.05, 0.1) is 5.75 Å². The van der Waals surface area contributed by atoms with E-state index in [1.165, 1.54) is 29.8 Å². The smallest absolute Gasteiger partial charge is 0.332 e. The molecule has 0 bridgehead atoms. The molecule has 0 fully saturated rings. The number of thioether (sulfide) groups is 1.